The molecule has 0 unspecified atom stereocenters. The van der Waals surface area contributed by atoms with E-state index in [1.807, 2.05) is 20.8 Å². The summed E-state index contributed by atoms with van der Waals surface area (Å²) in [6, 6.07) is 4.15. The monoisotopic (exact) mass is 310 g/mol. The summed E-state index contributed by atoms with van der Waals surface area (Å²) in [5, 5.41) is 9.69. The number of carbonyl (C=O) groups is 2. The van der Waals surface area contributed by atoms with E-state index in [4.69, 9.17) is 16.3 Å². The molecule has 0 saturated carbocycles. The average Bonchev–Trinajstić information content (AvgIpc) is 2.28. The number of allylic oxidation sites excluding steroid dienone is 2. The number of ether oxygens (including phenoxy) is 1. The van der Waals surface area contributed by atoms with Gasteiger partial charge in [0.1, 0.15) is 17.1 Å². The quantitative estimate of drug-likeness (QED) is 0.509. The average molecular weight is 311 g/mol. The number of benzene rings is 1. The van der Waals surface area contributed by atoms with Crippen LogP contribution in [0.1, 0.15) is 44.5 Å². The highest BCUT2D eigenvalue weighted by atomic mass is 35.5. The van der Waals surface area contributed by atoms with E-state index >= 15 is 0 Å². The van der Waals surface area contributed by atoms with Gasteiger partial charge in [-0.25, -0.2) is 0 Å². The second kappa shape index (κ2) is 6.76. The molecule has 1 N–H and O–H groups in total. The maximum absolute atomic E-state index is 12.3. The van der Waals surface area contributed by atoms with E-state index in [0.29, 0.717) is 0 Å². The number of rotatable bonds is 5. The maximum Gasteiger partial charge on any atom is 0.172 e. The van der Waals surface area contributed by atoms with Crippen molar-refractivity contribution in [2.45, 2.75) is 39.7 Å². The van der Waals surface area contributed by atoms with Crippen molar-refractivity contribution in [2.24, 2.45) is 0 Å². The summed E-state index contributed by atoms with van der Waals surface area (Å²) >= 11 is 5.95. The molecule has 1 aromatic carbocycles. The molecular weight excluding hydrogens is 292 g/mol. The summed E-state index contributed by atoms with van der Waals surface area (Å²) in [6.07, 6.45) is 1.19. The van der Waals surface area contributed by atoms with Crippen LogP contribution < -0.4 is 0 Å². The van der Waals surface area contributed by atoms with Crippen molar-refractivity contribution >= 4 is 23.2 Å². The van der Waals surface area contributed by atoms with Crippen LogP contribution in [0.15, 0.2) is 30.0 Å². The summed E-state index contributed by atoms with van der Waals surface area (Å²) in [5.41, 5.74) is -0.326. The predicted molar refractivity (Wildman–Crippen MR) is 81.7 cm³/mol. The van der Waals surface area contributed by atoms with E-state index < -0.39 is 5.60 Å². The Bertz CT molecular complexity index is 582. The normalized spacial score (nSPS) is 12.1. The first kappa shape index (κ1) is 17.2. The molecule has 0 aromatic heterocycles. The first-order valence-electron chi connectivity index (χ1n) is 6.50. The molecule has 114 valence electrons. The molecule has 1 aromatic rings. The fraction of sp³-hybridized carbons (Fsp3) is 0.375. The molecule has 21 heavy (non-hydrogen) atoms. The molecule has 0 bridgehead atoms. The standard InChI is InChI=1S/C16H19ClO4/c1-10(18)7-12(21-16(2,3)4)9-15(20)13-8-11(19)5-6-14(13)17/h5-8,19H,9H2,1-4H3/b12-7-. The molecular formula is C16H19ClO4. The van der Waals surface area contributed by atoms with Crippen molar-refractivity contribution in [2.75, 3.05) is 0 Å². The Morgan fingerprint density at radius 1 is 1.33 bits per heavy atom. The number of phenols is 1. The van der Waals surface area contributed by atoms with Gasteiger partial charge in [0.25, 0.3) is 0 Å². The highest BCUT2D eigenvalue weighted by Gasteiger charge is 2.19. The largest absolute Gasteiger partial charge is 0.508 e. The van der Waals surface area contributed by atoms with Crippen LogP contribution in [0.5, 0.6) is 5.75 Å². The molecule has 0 fully saturated rings. The lowest BCUT2D eigenvalue weighted by atomic mass is 10.1. The number of hydrogen-bond donors (Lipinski definition) is 1. The van der Waals surface area contributed by atoms with Crippen molar-refractivity contribution in [1.29, 1.82) is 0 Å². The summed E-state index contributed by atoms with van der Waals surface area (Å²) < 4.78 is 5.62. The third-order valence-corrected chi connectivity index (χ3v) is 2.72. The van der Waals surface area contributed by atoms with Gasteiger partial charge in [-0.15, -0.1) is 0 Å². The zero-order chi connectivity index (χ0) is 16.2. The Balaban J connectivity index is 3.01. The fourth-order valence-electron chi connectivity index (χ4n) is 1.72. The van der Waals surface area contributed by atoms with Crippen molar-refractivity contribution in [3.63, 3.8) is 0 Å². The number of halogens is 1. The number of phenolic OH excluding ortho intramolecular Hbond substituents is 1. The number of carbonyl (C=O) groups excluding carboxylic acids is 2. The van der Waals surface area contributed by atoms with Crippen LogP contribution >= 0.6 is 11.6 Å². The Morgan fingerprint density at radius 2 is 1.95 bits per heavy atom. The number of aromatic hydroxyl groups is 1. The minimum Gasteiger partial charge on any atom is -0.508 e. The zero-order valence-corrected chi connectivity index (χ0v) is 13.3. The number of Topliss-reactive ketones (excluding diaryl/α,β-unsaturated/α-hetero) is 1. The second-order valence-electron chi connectivity index (χ2n) is 5.70. The molecule has 4 nitrogen and oxygen atoms in total. The van der Waals surface area contributed by atoms with Crippen molar-refractivity contribution in [3.05, 3.63) is 40.6 Å². The summed E-state index contributed by atoms with van der Waals surface area (Å²) in [4.78, 5) is 23.5. The van der Waals surface area contributed by atoms with Crippen LogP contribution in [0, 0.1) is 0 Å². The highest BCUT2D eigenvalue weighted by molar-refractivity contribution is 6.34. The number of hydrogen-bond acceptors (Lipinski definition) is 4. The van der Waals surface area contributed by atoms with Crippen molar-refractivity contribution < 1.29 is 19.4 Å². The topological polar surface area (TPSA) is 63.6 Å². The lowest BCUT2D eigenvalue weighted by molar-refractivity contribution is -0.112. The molecule has 0 aliphatic rings. The molecule has 0 heterocycles. The van der Waals surface area contributed by atoms with E-state index in [9.17, 15) is 14.7 Å². The molecule has 1 rings (SSSR count). The van der Waals surface area contributed by atoms with Gasteiger partial charge in [0.05, 0.1) is 11.4 Å². The van der Waals surface area contributed by atoms with Crippen molar-refractivity contribution in [1.82, 2.24) is 0 Å². The molecule has 5 heteroatoms. The van der Waals surface area contributed by atoms with E-state index in [2.05, 4.69) is 0 Å². The lowest BCUT2D eigenvalue weighted by Crippen LogP contribution is -2.20. The lowest BCUT2D eigenvalue weighted by Gasteiger charge is -2.23. The molecule has 0 aliphatic carbocycles. The second-order valence-corrected chi connectivity index (χ2v) is 6.11. The minimum absolute atomic E-state index is 0.0448. The van der Waals surface area contributed by atoms with Crippen LogP contribution in [0.25, 0.3) is 0 Å². The van der Waals surface area contributed by atoms with E-state index in [1.165, 1.54) is 31.2 Å². The molecule has 0 amide bonds. The minimum atomic E-state index is -0.524. The summed E-state index contributed by atoms with van der Waals surface area (Å²) in [5.74, 6) is -0.298. The molecule has 0 aliphatic heterocycles. The van der Waals surface area contributed by atoms with Crippen LogP contribution in [0.4, 0.5) is 0 Å². The van der Waals surface area contributed by atoms with E-state index in [0.717, 1.165) is 0 Å². The van der Waals surface area contributed by atoms with Gasteiger partial charge in [-0.1, -0.05) is 11.6 Å². The molecule has 0 atom stereocenters. The van der Waals surface area contributed by atoms with Gasteiger partial charge in [0, 0.05) is 11.6 Å². The van der Waals surface area contributed by atoms with Gasteiger partial charge in [-0.2, -0.15) is 0 Å². The smallest absolute Gasteiger partial charge is 0.172 e. The van der Waals surface area contributed by atoms with Crippen molar-refractivity contribution in [3.8, 4) is 5.75 Å². The third kappa shape index (κ3) is 6.00. The maximum atomic E-state index is 12.3. The third-order valence-electron chi connectivity index (χ3n) is 2.39. The van der Waals surface area contributed by atoms with Crippen LogP contribution in [-0.4, -0.2) is 22.3 Å². The first-order chi connectivity index (χ1) is 9.58. The van der Waals surface area contributed by atoms with Crippen LogP contribution in [-0.2, 0) is 9.53 Å². The summed E-state index contributed by atoms with van der Waals surface area (Å²) in [7, 11) is 0. The van der Waals surface area contributed by atoms with Crippen LogP contribution in [0.3, 0.4) is 0 Å². The van der Waals surface area contributed by atoms with Gasteiger partial charge in [0.15, 0.2) is 11.6 Å². The SMILES string of the molecule is CC(=O)/C=C(/CC(=O)c1cc(O)ccc1Cl)OC(C)(C)C. The van der Waals surface area contributed by atoms with Gasteiger partial charge < -0.3 is 9.84 Å². The zero-order valence-electron chi connectivity index (χ0n) is 12.6. The van der Waals surface area contributed by atoms with Crippen LogP contribution in [0.2, 0.25) is 5.02 Å². The van der Waals surface area contributed by atoms with E-state index in [1.54, 1.807) is 0 Å². The van der Waals surface area contributed by atoms with Gasteiger partial charge in [0.2, 0.25) is 0 Å². The Morgan fingerprint density at radius 3 is 2.48 bits per heavy atom. The van der Waals surface area contributed by atoms with E-state index in [-0.39, 0.29) is 40.1 Å². The molecule has 0 saturated heterocycles. The Hall–Kier alpha value is -1.81. The Labute approximate surface area is 129 Å². The Kier molecular flexibility index (Phi) is 5.55. The molecule has 0 spiro atoms. The fourth-order valence-corrected chi connectivity index (χ4v) is 1.94. The highest BCUT2D eigenvalue weighted by Crippen LogP contribution is 2.25. The molecule has 0 radical (unpaired) electrons. The summed E-state index contributed by atoms with van der Waals surface area (Å²) in [6.45, 7) is 6.87. The van der Waals surface area contributed by atoms with Gasteiger partial charge in [-0.05, 0) is 45.9 Å². The number of ketones is 2. The van der Waals surface area contributed by atoms with Gasteiger partial charge in [-0.3, -0.25) is 9.59 Å². The first-order valence-corrected chi connectivity index (χ1v) is 6.88. The van der Waals surface area contributed by atoms with Gasteiger partial charge >= 0.3 is 0 Å². The predicted octanol–water partition coefficient (Wildman–Crippen LogP) is 3.91.